The molecule has 0 aromatic heterocycles. The summed E-state index contributed by atoms with van der Waals surface area (Å²) in [5.41, 5.74) is 1.68. The van der Waals surface area contributed by atoms with Crippen LogP contribution in [0.25, 0.3) is 0 Å². The number of hydrogen-bond acceptors (Lipinski definition) is 4. The third-order valence-corrected chi connectivity index (χ3v) is 6.73. The Morgan fingerprint density at radius 3 is 2.45 bits per heavy atom. The molecule has 0 radical (unpaired) electrons. The molecule has 0 unspecified atom stereocenters. The smallest absolute Gasteiger partial charge is 0.261 e. The fourth-order valence-electron chi connectivity index (χ4n) is 3.04. The molecular formula is C21H28BrN3O3S. The maximum absolute atomic E-state index is 12.8. The number of amides is 1. The minimum atomic E-state index is -3.83. The summed E-state index contributed by atoms with van der Waals surface area (Å²) in [5, 5.41) is 2.90. The van der Waals surface area contributed by atoms with Gasteiger partial charge < -0.3 is 10.2 Å². The minimum Gasteiger partial charge on any atom is -0.350 e. The third-order valence-electron chi connectivity index (χ3n) is 4.68. The van der Waals surface area contributed by atoms with Gasteiger partial charge in [0.05, 0.1) is 10.6 Å². The van der Waals surface area contributed by atoms with E-state index in [2.05, 4.69) is 44.7 Å². The first-order valence-electron chi connectivity index (χ1n) is 9.35. The van der Waals surface area contributed by atoms with Gasteiger partial charge in [-0.2, -0.15) is 0 Å². The molecule has 1 amide bonds. The van der Waals surface area contributed by atoms with E-state index in [-0.39, 0.29) is 16.8 Å². The van der Waals surface area contributed by atoms with Crippen LogP contribution in [0.15, 0.2) is 51.8 Å². The van der Waals surface area contributed by atoms with E-state index in [4.69, 9.17) is 0 Å². The average molecular weight is 482 g/mol. The standard InChI is InChI=1S/C21H28BrN3O3S/c1-14(2)20(25(4)5)13-23-21(26)16-7-6-8-17(12-16)29(27,28)24-19-11-15(3)9-10-18(19)22/h6-12,14,20,24H,13H2,1-5H3,(H,23,26)/t20-/m1/s1. The number of nitrogens with zero attached hydrogens (tertiary/aromatic N) is 1. The van der Waals surface area contributed by atoms with Crippen LogP contribution in [0.1, 0.15) is 29.8 Å². The van der Waals surface area contributed by atoms with Crippen LogP contribution < -0.4 is 10.0 Å². The zero-order chi connectivity index (χ0) is 21.8. The fourth-order valence-corrected chi connectivity index (χ4v) is 4.63. The van der Waals surface area contributed by atoms with Crippen molar-refractivity contribution in [2.24, 2.45) is 5.92 Å². The normalized spacial score (nSPS) is 12.8. The van der Waals surface area contributed by atoms with Gasteiger partial charge in [0.25, 0.3) is 15.9 Å². The number of halogens is 1. The molecule has 29 heavy (non-hydrogen) atoms. The highest BCUT2D eigenvalue weighted by atomic mass is 79.9. The second kappa shape index (κ2) is 9.73. The summed E-state index contributed by atoms with van der Waals surface area (Å²) in [5.74, 6) is 0.0697. The summed E-state index contributed by atoms with van der Waals surface area (Å²) in [4.78, 5) is 14.7. The SMILES string of the molecule is Cc1ccc(Br)c(NS(=O)(=O)c2cccc(C(=O)NC[C@H](C(C)C)N(C)C)c2)c1. The molecule has 6 nitrogen and oxygen atoms in total. The van der Waals surface area contributed by atoms with Gasteiger partial charge in [-0.05, 0) is 78.8 Å². The average Bonchev–Trinajstić information content (AvgIpc) is 2.64. The maximum atomic E-state index is 12.8. The molecule has 2 N–H and O–H groups in total. The monoisotopic (exact) mass is 481 g/mol. The highest BCUT2D eigenvalue weighted by Gasteiger charge is 2.20. The van der Waals surface area contributed by atoms with E-state index in [1.165, 1.54) is 12.1 Å². The van der Waals surface area contributed by atoms with Gasteiger partial charge in [0.2, 0.25) is 0 Å². The maximum Gasteiger partial charge on any atom is 0.261 e. The van der Waals surface area contributed by atoms with Crippen molar-refractivity contribution in [1.82, 2.24) is 10.2 Å². The Bertz CT molecular complexity index is 967. The van der Waals surface area contributed by atoms with Crippen molar-refractivity contribution < 1.29 is 13.2 Å². The molecule has 0 fully saturated rings. The lowest BCUT2D eigenvalue weighted by Crippen LogP contribution is -2.43. The Kier molecular flexibility index (Phi) is 7.85. The number of sulfonamides is 1. The topological polar surface area (TPSA) is 78.5 Å². The molecule has 0 aliphatic heterocycles. The zero-order valence-electron chi connectivity index (χ0n) is 17.4. The van der Waals surface area contributed by atoms with Crippen molar-refractivity contribution in [2.75, 3.05) is 25.4 Å². The molecule has 8 heteroatoms. The molecule has 0 aliphatic carbocycles. The molecular weight excluding hydrogens is 454 g/mol. The second-order valence-corrected chi connectivity index (χ2v) is 10.1. The first-order valence-corrected chi connectivity index (χ1v) is 11.6. The number of carbonyl (C=O) groups is 1. The number of anilines is 1. The number of aryl methyl sites for hydroxylation is 1. The Morgan fingerprint density at radius 1 is 1.14 bits per heavy atom. The number of nitrogens with one attached hydrogen (secondary N) is 2. The van der Waals surface area contributed by atoms with Crippen molar-refractivity contribution in [1.29, 1.82) is 0 Å². The van der Waals surface area contributed by atoms with Gasteiger partial charge in [-0.3, -0.25) is 9.52 Å². The van der Waals surface area contributed by atoms with E-state index in [1.807, 2.05) is 27.1 Å². The molecule has 158 valence electrons. The van der Waals surface area contributed by atoms with Crippen LogP contribution in [0.5, 0.6) is 0 Å². The fraction of sp³-hybridized carbons (Fsp3) is 0.381. The molecule has 0 saturated carbocycles. The van der Waals surface area contributed by atoms with Gasteiger partial charge in [0.15, 0.2) is 0 Å². The van der Waals surface area contributed by atoms with Gasteiger partial charge in [0, 0.05) is 22.6 Å². The van der Waals surface area contributed by atoms with Crippen LogP contribution in [-0.2, 0) is 10.0 Å². The number of carbonyl (C=O) groups excluding carboxylic acids is 1. The van der Waals surface area contributed by atoms with Crippen molar-refractivity contribution in [2.45, 2.75) is 31.7 Å². The Balaban J connectivity index is 2.19. The van der Waals surface area contributed by atoms with Crippen molar-refractivity contribution in [3.05, 3.63) is 58.1 Å². The van der Waals surface area contributed by atoms with E-state index >= 15 is 0 Å². The van der Waals surface area contributed by atoms with Gasteiger partial charge in [0.1, 0.15) is 0 Å². The summed E-state index contributed by atoms with van der Waals surface area (Å²) in [6.07, 6.45) is 0. The zero-order valence-corrected chi connectivity index (χ0v) is 19.8. The van der Waals surface area contributed by atoms with Crippen LogP contribution in [0.2, 0.25) is 0 Å². The van der Waals surface area contributed by atoms with E-state index < -0.39 is 10.0 Å². The Morgan fingerprint density at radius 2 is 1.83 bits per heavy atom. The minimum absolute atomic E-state index is 0.0339. The summed E-state index contributed by atoms with van der Waals surface area (Å²) >= 11 is 3.36. The second-order valence-electron chi connectivity index (χ2n) is 7.60. The quantitative estimate of drug-likeness (QED) is 0.599. The number of likely N-dealkylation sites (N-methyl/N-ethyl adjacent to an activating group) is 1. The predicted octanol–water partition coefficient (Wildman–Crippen LogP) is 3.87. The molecule has 0 aliphatic rings. The first kappa shape index (κ1) is 23.4. The lowest BCUT2D eigenvalue weighted by Gasteiger charge is -2.28. The summed E-state index contributed by atoms with van der Waals surface area (Å²) < 4.78 is 28.8. The van der Waals surface area contributed by atoms with E-state index in [9.17, 15) is 13.2 Å². The lowest BCUT2D eigenvalue weighted by atomic mass is 10.0. The molecule has 0 saturated heterocycles. The largest absolute Gasteiger partial charge is 0.350 e. The highest BCUT2D eigenvalue weighted by Crippen LogP contribution is 2.26. The number of hydrogen-bond donors (Lipinski definition) is 2. The summed E-state index contributed by atoms with van der Waals surface area (Å²) in [6, 6.07) is 11.6. The third kappa shape index (κ3) is 6.29. The van der Waals surface area contributed by atoms with E-state index in [0.717, 1.165) is 5.56 Å². The van der Waals surface area contributed by atoms with Crippen molar-refractivity contribution in [3.63, 3.8) is 0 Å². The molecule has 2 rings (SSSR count). The van der Waals surface area contributed by atoms with Crippen LogP contribution in [0, 0.1) is 12.8 Å². The van der Waals surface area contributed by atoms with E-state index in [1.54, 1.807) is 24.3 Å². The molecule has 1 atom stereocenters. The van der Waals surface area contributed by atoms with Gasteiger partial charge in [-0.1, -0.05) is 26.0 Å². The Hall–Kier alpha value is -1.90. The molecule has 0 spiro atoms. The van der Waals surface area contributed by atoms with Crippen LogP contribution in [-0.4, -0.2) is 45.9 Å². The lowest BCUT2D eigenvalue weighted by molar-refractivity contribution is 0.0934. The predicted molar refractivity (Wildman–Crippen MR) is 121 cm³/mol. The van der Waals surface area contributed by atoms with Crippen LogP contribution in [0.3, 0.4) is 0 Å². The summed E-state index contributed by atoms with van der Waals surface area (Å²) in [6.45, 7) is 6.56. The number of rotatable bonds is 8. The molecule has 2 aromatic rings. The van der Waals surface area contributed by atoms with Crippen molar-refractivity contribution in [3.8, 4) is 0 Å². The highest BCUT2D eigenvalue weighted by molar-refractivity contribution is 9.10. The van der Waals surface area contributed by atoms with Crippen LogP contribution >= 0.6 is 15.9 Å². The van der Waals surface area contributed by atoms with Gasteiger partial charge >= 0.3 is 0 Å². The van der Waals surface area contributed by atoms with Gasteiger partial charge in [-0.15, -0.1) is 0 Å². The summed E-state index contributed by atoms with van der Waals surface area (Å²) in [7, 11) is 0.108. The van der Waals surface area contributed by atoms with Crippen molar-refractivity contribution >= 4 is 37.5 Å². The Labute approximate surface area is 181 Å². The first-order chi connectivity index (χ1) is 13.5. The number of benzene rings is 2. The molecule has 2 aromatic carbocycles. The van der Waals surface area contributed by atoms with Crippen LogP contribution in [0.4, 0.5) is 5.69 Å². The van der Waals surface area contributed by atoms with E-state index in [0.29, 0.717) is 28.2 Å². The molecule has 0 heterocycles. The molecule has 0 bridgehead atoms. The van der Waals surface area contributed by atoms with Gasteiger partial charge in [-0.25, -0.2) is 8.42 Å².